The van der Waals surface area contributed by atoms with E-state index in [2.05, 4.69) is 10.6 Å². The van der Waals surface area contributed by atoms with Gasteiger partial charge in [0.05, 0.1) is 30.5 Å². The average Bonchev–Trinajstić information content (AvgIpc) is 2.37. The van der Waals surface area contributed by atoms with E-state index >= 15 is 0 Å². The van der Waals surface area contributed by atoms with Gasteiger partial charge in [-0.3, -0.25) is 4.79 Å². The van der Waals surface area contributed by atoms with Gasteiger partial charge in [0.25, 0.3) is 0 Å². The second-order valence-corrected chi connectivity index (χ2v) is 4.08. The maximum Gasteiger partial charge on any atom is 0.239 e. The normalized spacial score (nSPS) is 11.5. The quantitative estimate of drug-likeness (QED) is 0.812. The molecule has 1 unspecified atom stereocenters. The second kappa shape index (κ2) is 7.34. The molecule has 19 heavy (non-hydrogen) atoms. The molecule has 1 atom stereocenters. The number of hydrogen-bond acceptors (Lipinski definition) is 4. The Morgan fingerprint density at radius 2 is 2.32 bits per heavy atom. The van der Waals surface area contributed by atoms with Crippen molar-refractivity contribution in [3.63, 3.8) is 0 Å². The number of halogens is 1. The zero-order chi connectivity index (χ0) is 14.3. The van der Waals surface area contributed by atoms with Crippen LogP contribution in [-0.2, 0) is 9.53 Å². The Labute approximate surface area is 111 Å². The first-order chi connectivity index (χ1) is 9.06. The molecule has 0 spiro atoms. The van der Waals surface area contributed by atoms with Crippen LogP contribution in [0.2, 0.25) is 0 Å². The molecule has 1 aromatic carbocycles. The summed E-state index contributed by atoms with van der Waals surface area (Å²) in [6, 6.07) is 5.76. The zero-order valence-electron chi connectivity index (χ0n) is 10.9. The minimum Gasteiger partial charge on any atom is -0.383 e. The third-order valence-corrected chi connectivity index (χ3v) is 2.36. The highest BCUT2D eigenvalue weighted by Crippen LogP contribution is 2.14. The van der Waals surface area contributed by atoms with Gasteiger partial charge in [0, 0.05) is 13.2 Å². The maximum absolute atomic E-state index is 13.5. The Morgan fingerprint density at radius 3 is 2.89 bits per heavy atom. The Morgan fingerprint density at radius 1 is 1.58 bits per heavy atom. The van der Waals surface area contributed by atoms with Crippen molar-refractivity contribution >= 4 is 11.6 Å². The second-order valence-electron chi connectivity index (χ2n) is 4.08. The predicted molar refractivity (Wildman–Crippen MR) is 69.1 cm³/mol. The molecule has 5 nitrogen and oxygen atoms in total. The van der Waals surface area contributed by atoms with Crippen LogP contribution in [0.15, 0.2) is 18.2 Å². The summed E-state index contributed by atoms with van der Waals surface area (Å²) in [5, 5.41) is 14.0. The van der Waals surface area contributed by atoms with Crippen LogP contribution in [0.25, 0.3) is 0 Å². The van der Waals surface area contributed by atoms with Crippen molar-refractivity contribution in [3.8, 4) is 6.07 Å². The Balaban J connectivity index is 2.49. The highest BCUT2D eigenvalue weighted by Gasteiger charge is 2.08. The lowest BCUT2D eigenvalue weighted by atomic mass is 10.2. The van der Waals surface area contributed by atoms with Crippen LogP contribution in [0.5, 0.6) is 0 Å². The van der Waals surface area contributed by atoms with Crippen molar-refractivity contribution in [1.29, 1.82) is 5.26 Å². The lowest BCUT2D eigenvalue weighted by Crippen LogP contribution is -2.39. The number of nitrogens with one attached hydrogen (secondary N) is 2. The van der Waals surface area contributed by atoms with Gasteiger partial charge in [-0.15, -0.1) is 0 Å². The molecule has 6 heteroatoms. The third-order valence-electron chi connectivity index (χ3n) is 2.36. The number of nitrogens with zero attached hydrogens (tertiary/aromatic N) is 1. The van der Waals surface area contributed by atoms with Crippen molar-refractivity contribution in [2.24, 2.45) is 0 Å². The Kier molecular flexibility index (Phi) is 5.76. The van der Waals surface area contributed by atoms with Crippen LogP contribution in [-0.4, -0.2) is 32.2 Å². The molecule has 0 aliphatic rings. The standard InChI is InChI=1S/C13H16FN3O2/c1-9(8-19-2)17-13(18)7-16-12-4-3-10(6-15)5-11(12)14/h3-5,9,16H,7-8H2,1-2H3,(H,17,18). The van der Waals surface area contributed by atoms with Gasteiger partial charge < -0.3 is 15.4 Å². The summed E-state index contributed by atoms with van der Waals surface area (Å²) in [5.41, 5.74) is 0.426. The molecule has 0 aliphatic heterocycles. The van der Waals surface area contributed by atoms with E-state index in [-0.39, 0.29) is 29.7 Å². The number of amides is 1. The number of benzene rings is 1. The van der Waals surface area contributed by atoms with Crippen molar-refractivity contribution in [2.75, 3.05) is 25.6 Å². The first kappa shape index (κ1) is 14.9. The number of carbonyl (C=O) groups is 1. The van der Waals surface area contributed by atoms with Crippen molar-refractivity contribution in [2.45, 2.75) is 13.0 Å². The molecule has 1 aromatic rings. The van der Waals surface area contributed by atoms with Gasteiger partial charge in [-0.05, 0) is 25.1 Å². The van der Waals surface area contributed by atoms with Gasteiger partial charge in [-0.25, -0.2) is 4.39 Å². The van der Waals surface area contributed by atoms with Gasteiger partial charge in [-0.2, -0.15) is 5.26 Å². The number of nitriles is 1. The fourth-order valence-electron chi connectivity index (χ4n) is 1.52. The van der Waals surface area contributed by atoms with E-state index in [9.17, 15) is 9.18 Å². The molecule has 2 N–H and O–H groups in total. The number of methoxy groups -OCH3 is 1. The first-order valence-electron chi connectivity index (χ1n) is 5.78. The summed E-state index contributed by atoms with van der Waals surface area (Å²) in [4.78, 5) is 11.5. The molecule has 0 saturated heterocycles. The molecule has 0 radical (unpaired) electrons. The van der Waals surface area contributed by atoms with Crippen LogP contribution in [0.1, 0.15) is 12.5 Å². The summed E-state index contributed by atoms with van der Waals surface area (Å²) < 4.78 is 18.4. The lowest BCUT2D eigenvalue weighted by Gasteiger charge is -2.13. The lowest BCUT2D eigenvalue weighted by molar-refractivity contribution is -0.120. The van der Waals surface area contributed by atoms with E-state index in [1.165, 1.54) is 12.1 Å². The first-order valence-corrected chi connectivity index (χ1v) is 5.78. The molecule has 0 aromatic heterocycles. The van der Waals surface area contributed by atoms with E-state index in [4.69, 9.17) is 10.00 Å². The molecule has 0 heterocycles. The largest absolute Gasteiger partial charge is 0.383 e. The predicted octanol–water partition coefficient (Wildman–Crippen LogP) is 1.26. The third kappa shape index (κ3) is 4.94. The fourth-order valence-corrected chi connectivity index (χ4v) is 1.52. The highest BCUT2D eigenvalue weighted by molar-refractivity contribution is 5.81. The molecule has 0 bridgehead atoms. The molecule has 0 fully saturated rings. The van der Waals surface area contributed by atoms with E-state index in [0.717, 1.165) is 6.07 Å². The van der Waals surface area contributed by atoms with Gasteiger partial charge in [0.2, 0.25) is 5.91 Å². The van der Waals surface area contributed by atoms with E-state index < -0.39 is 5.82 Å². The smallest absolute Gasteiger partial charge is 0.239 e. The zero-order valence-corrected chi connectivity index (χ0v) is 10.9. The summed E-state index contributed by atoms with van der Waals surface area (Å²) in [6.07, 6.45) is 0. The molecule has 0 saturated carbocycles. The number of hydrogen-bond donors (Lipinski definition) is 2. The maximum atomic E-state index is 13.5. The van der Waals surface area contributed by atoms with Gasteiger partial charge in [-0.1, -0.05) is 0 Å². The summed E-state index contributed by atoms with van der Waals surface area (Å²) in [6.45, 7) is 2.18. The summed E-state index contributed by atoms with van der Waals surface area (Å²) in [5.74, 6) is -0.815. The topological polar surface area (TPSA) is 74.2 Å². The van der Waals surface area contributed by atoms with Gasteiger partial charge in [0.1, 0.15) is 5.82 Å². The van der Waals surface area contributed by atoms with E-state index in [0.29, 0.717) is 6.61 Å². The number of ether oxygens (including phenoxy) is 1. The molecule has 0 aliphatic carbocycles. The van der Waals surface area contributed by atoms with Crippen LogP contribution in [0.4, 0.5) is 10.1 Å². The van der Waals surface area contributed by atoms with Gasteiger partial charge >= 0.3 is 0 Å². The minimum atomic E-state index is -0.559. The van der Waals surface area contributed by atoms with Crippen LogP contribution in [0, 0.1) is 17.1 Å². The number of carbonyl (C=O) groups excluding carboxylic acids is 1. The molecular weight excluding hydrogens is 249 g/mol. The molecule has 1 amide bonds. The van der Waals surface area contributed by atoms with Crippen molar-refractivity contribution in [3.05, 3.63) is 29.6 Å². The molecule has 102 valence electrons. The molecule has 1 rings (SSSR count). The number of anilines is 1. The summed E-state index contributed by atoms with van der Waals surface area (Å²) >= 11 is 0. The Bertz CT molecular complexity index is 485. The fraction of sp³-hybridized carbons (Fsp3) is 0.385. The van der Waals surface area contributed by atoms with Crippen LogP contribution in [0.3, 0.4) is 0 Å². The van der Waals surface area contributed by atoms with Crippen LogP contribution >= 0.6 is 0 Å². The monoisotopic (exact) mass is 265 g/mol. The molecular formula is C13H16FN3O2. The highest BCUT2D eigenvalue weighted by atomic mass is 19.1. The number of rotatable bonds is 6. The van der Waals surface area contributed by atoms with Gasteiger partial charge in [0.15, 0.2) is 0 Å². The summed E-state index contributed by atoms with van der Waals surface area (Å²) in [7, 11) is 1.55. The SMILES string of the molecule is COCC(C)NC(=O)CNc1ccc(C#N)cc1F. The van der Waals surface area contributed by atoms with Crippen molar-refractivity contribution < 1.29 is 13.9 Å². The average molecular weight is 265 g/mol. The minimum absolute atomic E-state index is 0.0448. The van der Waals surface area contributed by atoms with E-state index in [1.807, 2.05) is 13.0 Å². The Hall–Kier alpha value is -2.13. The van der Waals surface area contributed by atoms with Crippen LogP contribution < -0.4 is 10.6 Å². The van der Waals surface area contributed by atoms with Crippen molar-refractivity contribution in [1.82, 2.24) is 5.32 Å². The van der Waals surface area contributed by atoms with E-state index in [1.54, 1.807) is 7.11 Å².